The molecule has 0 aliphatic heterocycles. The molecule has 1 heterocycles. The lowest BCUT2D eigenvalue weighted by atomic mass is 10.2. The van der Waals surface area contributed by atoms with Gasteiger partial charge in [-0.05, 0) is 48.5 Å². The lowest BCUT2D eigenvalue weighted by Gasteiger charge is -2.10. The summed E-state index contributed by atoms with van der Waals surface area (Å²) in [5, 5.41) is 7.27. The molecule has 0 fully saturated rings. The molecule has 0 aliphatic rings. The number of halogens is 4. The van der Waals surface area contributed by atoms with Crippen LogP contribution >= 0.6 is 11.6 Å². The Morgan fingerprint density at radius 3 is 2.48 bits per heavy atom. The van der Waals surface area contributed by atoms with Gasteiger partial charge in [0.2, 0.25) is 11.7 Å². The number of benzene rings is 2. The minimum absolute atomic E-state index is 0.0897. The molecule has 3 rings (SSSR count). The van der Waals surface area contributed by atoms with Crippen LogP contribution in [0.1, 0.15) is 5.89 Å². The monoisotopic (exact) mass is 425 g/mol. The van der Waals surface area contributed by atoms with Crippen LogP contribution in [0.15, 0.2) is 58.0 Å². The first-order chi connectivity index (χ1) is 13.8. The summed E-state index contributed by atoms with van der Waals surface area (Å²) in [5.74, 6) is 0.589. The summed E-state index contributed by atoms with van der Waals surface area (Å²) in [4.78, 5) is 8.39. The van der Waals surface area contributed by atoms with E-state index >= 15 is 0 Å². The van der Waals surface area contributed by atoms with Gasteiger partial charge >= 0.3 is 6.36 Å². The molecule has 0 amide bonds. The first-order valence-corrected chi connectivity index (χ1v) is 8.67. The Kier molecular flexibility index (Phi) is 6.23. The van der Waals surface area contributed by atoms with Crippen molar-refractivity contribution in [2.24, 2.45) is 10.7 Å². The molecule has 2 aromatic carbocycles. The van der Waals surface area contributed by atoms with Gasteiger partial charge in [0.15, 0.2) is 5.96 Å². The van der Waals surface area contributed by atoms with E-state index in [0.717, 1.165) is 5.56 Å². The van der Waals surface area contributed by atoms with Crippen molar-refractivity contribution >= 4 is 23.2 Å². The fraction of sp³-hybridized carbons (Fsp3) is 0.167. The van der Waals surface area contributed by atoms with Gasteiger partial charge in [0.1, 0.15) is 5.75 Å². The van der Waals surface area contributed by atoms with Gasteiger partial charge in [-0.3, -0.25) is 4.99 Å². The average Bonchev–Trinajstić information content (AvgIpc) is 3.12. The fourth-order valence-corrected chi connectivity index (χ4v) is 2.40. The molecule has 0 saturated carbocycles. The highest BCUT2D eigenvalue weighted by Gasteiger charge is 2.30. The minimum Gasteiger partial charge on any atom is -0.406 e. The lowest BCUT2D eigenvalue weighted by molar-refractivity contribution is -0.274. The number of aliphatic imine (C=N–C) groups is 1. The van der Waals surface area contributed by atoms with Crippen molar-refractivity contribution in [3.63, 3.8) is 0 Å². The maximum atomic E-state index is 12.1. The molecule has 29 heavy (non-hydrogen) atoms. The summed E-state index contributed by atoms with van der Waals surface area (Å²) in [6, 6.07) is 12.1. The predicted molar refractivity (Wildman–Crippen MR) is 102 cm³/mol. The summed E-state index contributed by atoms with van der Waals surface area (Å²) in [6.45, 7) is 0.274. The third-order valence-electron chi connectivity index (χ3n) is 3.54. The quantitative estimate of drug-likeness (QED) is 0.452. The van der Waals surface area contributed by atoms with E-state index < -0.39 is 6.36 Å². The van der Waals surface area contributed by atoms with Crippen LogP contribution in [-0.4, -0.2) is 29.0 Å². The Hall–Kier alpha value is -3.27. The van der Waals surface area contributed by atoms with Gasteiger partial charge in [-0.25, -0.2) is 0 Å². The Morgan fingerprint density at radius 2 is 1.83 bits per heavy atom. The smallest absolute Gasteiger partial charge is 0.406 e. The number of hydrogen-bond acceptors (Lipinski definition) is 5. The maximum Gasteiger partial charge on any atom is 0.573 e. The van der Waals surface area contributed by atoms with E-state index in [2.05, 4.69) is 25.2 Å². The number of nitrogens with zero attached hydrogens (tertiary/aromatic N) is 3. The van der Waals surface area contributed by atoms with Crippen LogP contribution in [0.3, 0.4) is 0 Å². The van der Waals surface area contributed by atoms with Crippen LogP contribution in [0.4, 0.5) is 18.9 Å². The highest BCUT2D eigenvalue weighted by Crippen LogP contribution is 2.24. The molecule has 0 saturated heterocycles. The molecule has 0 aliphatic carbocycles. The first-order valence-electron chi connectivity index (χ1n) is 8.30. The van der Waals surface area contributed by atoms with Crippen molar-refractivity contribution in [3.05, 3.63) is 59.4 Å². The van der Waals surface area contributed by atoms with Crippen LogP contribution in [-0.2, 0) is 6.42 Å². The molecule has 7 nitrogen and oxygen atoms in total. The largest absolute Gasteiger partial charge is 0.573 e. The summed E-state index contributed by atoms with van der Waals surface area (Å²) in [6.07, 6.45) is -4.38. The first kappa shape index (κ1) is 20.5. The Balaban J connectivity index is 1.51. The molecule has 11 heteroatoms. The van der Waals surface area contributed by atoms with E-state index in [1.807, 2.05) is 0 Å². The Bertz CT molecular complexity index is 972. The zero-order valence-corrected chi connectivity index (χ0v) is 15.5. The number of ether oxygens (including phenoxy) is 1. The molecule has 0 bridgehead atoms. The predicted octanol–water partition coefficient (Wildman–Crippen LogP) is 4.26. The van der Waals surface area contributed by atoms with Crippen LogP contribution in [0.25, 0.3) is 11.4 Å². The van der Waals surface area contributed by atoms with Gasteiger partial charge in [-0.15, -0.1) is 13.2 Å². The standard InChI is InChI=1S/C18H15ClF3N5O2/c19-12-3-1-11(2-4-12)16-26-15(29-27-16)9-10-24-17(23)25-13-5-7-14(8-6-13)28-18(20,21)22/h1-8H,9-10H2,(H3,23,24,25). The maximum absolute atomic E-state index is 12.1. The van der Waals surface area contributed by atoms with E-state index in [1.165, 1.54) is 24.3 Å². The number of nitrogens with one attached hydrogen (secondary N) is 1. The highest BCUT2D eigenvalue weighted by molar-refractivity contribution is 6.30. The van der Waals surface area contributed by atoms with E-state index in [0.29, 0.717) is 28.8 Å². The van der Waals surface area contributed by atoms with Crippen molar-refractivity contribution in [2.45, 2.75) is 12.8 Å². The van der Waals surface area contributed by atoms with Crippen LogP contribution in [0.5, 0.6) is 5.75 Å². The average molecular weight is 426 g/mol. The number of hydrogen-bond donors (Lipinski definition) is 2. The van der Waals surface area contributed by atoms with E-state index in [4.69, 9.17) is 21.9 Å². The number of guanidine groups is 1. The van der Waals surface area contributed by atoms with Gasteiger partial charge < -0.3 is 20.3 Å². The number of anilines is 1. The molecular formula is C18H15ClF3N5O2. The third kappa shape index (κ3) is 6.39. The van der Waals surface area contributed by atoms with Crippen molar-refractivity contribution in [1.82, 2.24) is 10.1 Å². The SMILES string of the molecule is NC(=NCCc1nc(-c2ccc(Cl)cc2)no1)Nc1ccc(OC(F)(F)F)cc1. The molecule has 152 valence electrons. The lowest BCUT2D eigenvalue weighted by Crippen LogP contribution is -2.23. The van der Waals surface area contributed by atoms with Gasteiger partial charge in [-0.2, -0.15) is 4.98 Å². The van der Waals surface area contributed by atoms with E-state index in [1.54, 1.807) is 24.3 Å². The van der Waals surface area contributed by atoms with Crippen LogP contribution in [0.2, 0.25) is 5.02 Å². The second-order valence-electron chi connectivity index (χ2n) is 5.73. The zero-order valence-electron chi connectivity index (χ0n) is 14.8. The molecule has 1 aromatic heterocycles. The fourth-order valence-electron chi connectivity index (χ4n) is 2.27. The second kappa shape index (κ2) is 8.82. The summed E-state index contributed by atoms with van der Waals surface area (Å²) in [5.41, 5.74) is 7.00. The Labute approximate surface area is 168 Å². The molecule has 0 spiro atoms. The molecule has 0 atom stereocenters. The topological polar surface area (TPSA) is 98.6 Å². The minimum atomic E-state index is -4.74. The molecule has 3 N–H and O–H groups in total. The highest BCUT2D eigenvalue weighted by atomic mass is 35.5. The molecular weight excluding hydrogens is 411 g/mol. The summed E-state index contributed by atoms with van der Waals surface area (Å²) < 4.78 is 45.4. The third-order valence-corrected chi connectivity index (χ3v) is 3.79. The zero-order chi connectivity index (χ0) is 20.9. The van der Waals surface area contributed by atoms with Crippen molar-refractivity contribution in [1.29, 1.82) is 0 Å². The summed E-state index contributed by atoms with van der Waals surface area (Å²) >= 11 is 5.85. The van der Waals surface area contributed by atoms with Crippen molar-refractivity contribution < 1.29 is 22.4 Å². The number of alkyl halides is 3. The Morgan fingerprint density at radius 1 is 1.14 bits per heavy atom. The van der Waals surface area contributed by atoms with Gasteiger partial charge in [-0.1, -0.05) is 16.8 Å². The van der Waals surface area contributed by atoms with Crippen LogP contribution < -0.4 is 15.8 Å². The molecule has 3 aromatic rings. The van der Waals surface area contributed by atoms with E-state index in [9.17, 15) is 13.2 Å². The van der Waals surface area contributed by atoms with Crippen LogP contribution in [0, 0.1) is 0 Å². The van der Waals surface area contributed by atoms with Crippen molar-refractivity contribution in [3.8, 4) is 17.1 Å². The van der Waals surface area contributed by atoms with E-state index in [-0.39, 0.29) is 18.3 Å². The number of nitrogens with two attached hydrogens (primary N) is 1. The number of aromatic nitrogens is 2. The molecule has 0 radical (unpaired) electrons. The normalized spacial score (nSPS) is 12.1. The second-order valence-corrected chi connectivity index (χ2v) is 6.17. The number of rotatable bonds is 6. The summed E-state index contributed by atoms with van der Waals surface area (Å²) in [7, 11) is 0. The van der Waals surface area contributed by atoms with Gasteiger partial charge in [0, 0.05) is 22.7 Å². The van der Waals surface area contributed by atoms with Crippen molar-refractivity contribution in [2.75, 3.05) is 11.9 Å². The van der Waals surface area contributed by atoms with Gasteiger partial charge in [0.05, 0.1) is 6.54 Å². The molecule has 0 unspecified atom stereocenters. The van der Waals surface area contributed by atoms with Gasteiger partial charge in [0.25, 0.3) is 0 Å².